The summed E-state index contributed by atoms with van der Waals surface area (Å²) in [6, 6.07) is 7.11. The Morgan fingerprint density at radius 2 is 2.28 bits per heavy atom. The van der Waals surface area contributed by atoms with E-state index in [-0.39, 0.29) is 0 Å². The molecule has 0 unspecified atom stereocenters. The second-order valence-corrected chi connectivity index (χ2v) is 3.93. The minimum Gasteiger partial charge on any atom is -0.456 e. The van der Waals surface area contributed by atoms with Crippen molar-refractivity contribution in [2.24, 2.45) is 0 Å². The molecule has 0 saturated heterocycles. The zero-order valence-corrected chi connectivity index (χ0v) is 10.5. The molecule has 0 radical (unpaired) electrons. The number of esters is 1. The second-order valence-electron chi connectivity index (χ2n) is 3.49. The average molecular weight is 260 g/mol. The fourth-order valence-corrected chi connectivity index (χ4v) is 1.68. The molecule has 0 amide bonds. The summed E-state index contributed by atoms with van der Waals surface area (Å²) in [7, 11) is 0. The van der Waals surface area contributed by atoms with E-state index in [1.54, 1.807) is 31.3 Å². The minimum absolute atomic E-state index is 0.320. The van der Waals surface area contributed by atoms with Gasteiger partial charge in [-0.25, -0.2) is 4.79 Å². The van der Waals surface area contributed by atoms with Gasteiger partial charge in [0.05, 0.1) is 12.1 Å². The molecule has 0 spiro atoms. The van der Waals surface area contributed by atoms with E-state index >= 15 is 0 Å². The first-order valence-corrected chi connectivity index (χ1v) is 5.81. The highest BCUT2D eigenvalue weighted by Crippen LogP contribution is 2.19. The fourth-order valence-electron chi connectivity index (χ4n) is 1.52. The molecule has 0 aliphatic heterocycles. The molecule has 18 heavy (non-hydrogen) atoms. The maximum absolute atomic E-state index is 11.2. The smallest absolute Gasteiger partial charge is 0.384 e. The summed E-state index contributed by atoms with van der Waals surface area (Å²) in [4.78, 5) is 15.4. The predicted octanol–water partition coefficient (Wildman–Crippen LogP) is 2.80. The van der Waals surface area contributed by atoms with Crippen molar-refractivity contribution in [1.29, 1.82) is 0 Å². The van der Waals surface area contributed by atoms with Crippen molar-refractivity contribution < 1.29 is 9.53 Å². The maximum Gasteiger partial charge on any atom is 0.384 e. The molecule has 0 N–H and O–H groups in total. The van der Waals surface area contributed by atoms with E-state index in [2.05, 4.69) is 16.8 Å². The molecule has 2 aromatic rings. The molecule has 1 heterocycles. The lowest BCUT2D eigenvalue weighted by Gasteiger charge is -2.00. The standard InChI is InChI=1S/C14H10ClNO2/c1-2-18-14(17)6-3-10-7-8-16-13-9-11(15)4-5-12(10)13/h4-5,7-9H,2H2,1H3. The van der Waals surface area contributed by atoms with Crippen LogP contribution in [0, 0.1) is 11.8 Å². The molecular formula is C14H10ClNO2. The molecule has 0 aliphatic carbocycles. The monoisotopic (exact) mass is 259 g/mol. The van der Waals surface area contributed by atoms with Crippen LogP contribution in [0.15, 0.2) is 30.5 Å². The molecule has 0 atom stereocenters. The van der Waals surface area contributed by atoms with Crippen LogP contribution in [0.3, 0.4) is 0 Å². The normalized spacial score (nSPS) is 9.67. The zero-order valence-electron chi connectivity index (χ0n) is 9.74. The molecule has 0 fully saturated rings. The molecule has 1 aromatic carbocycles. The Labute approximate surface area is 110 Å². The van der Waals surface area contributed by atoms with Crippen molar-refractivity contribution in [3.05, 3.63) is 41.0 Å². The molecule has 0 bridgehead atoms. The number of carbonyl (C=O) groups excluding carboxylic acids is 1. The van der Waals surface area contributed by atoms with Crippen LogP contribution in [0.4, 0.5) is 0 Å². The molecule has 0 saturated carbocycles. The predicted molar refractivity (Wildman–Crippen MR) is 70.3 cm³/mol. The summed E-state index contributed by atoms with van der Waals surface area (Å²) >= 11 is 5.89. The highest BCUT2D eigenvalue weighted by molar-refractivity contribution is 6.31. The Hall–Kier alpha value is -2.05. The van der Waals surface area contributed by atoms with Crippen LogP contribution in [0.2, 0.25) is 5.02 Å². The Morgan fingerprint density at radius 1 is 1.44 bits per heavy atom. The van der Waals surface area contributed by atoms with Crippen LogP contribution in [-0.4, -0.2) is 17.6 Å². The van der Waals surface area contributed by atoms with E-state index in [1.165, 1.54) is 0 Å². The first kappa shape index (κ1) is 12.4. The SMILES string of the molecule is CCOC(=O)C#Cc1ccnc2cc(Cl)ccc12. The lowest BCUT2D eigenvalue weighted by Crippen LogP contribution is -1.99. The molecular weight excluding hydrogens is 250 g/mol. The van der Waals surface area contributed by atoms with Gasteiger partial charge in [0, 0.05) is 28.1 Å². The average Bonchev–Trinajstić information content (AvgIpc) is 2.36. The Kier molecular flexibility index (Phi) is 3.81. The number of halogens is 1. The van der Waals surface area contributed by atoms with Crippen molar-refractivity contribution in [3.8, 4) is 11.8 Å². The number of fused-ring (bicyclic) bond motifs is 1. The fraction of sp³-hybridized carbons (Fsp3) is 0.143. The van der Waals surface area contributed by atoms with Gasteiger partial charge in [-0.15, -0.1) is 0 Å². The number of carbonyl (C=O) groups is 1. The number of nitrogens with zero attached hydrogens (tertiary/aromatic N) is 1. The van der Waals surface area contributed by atoms with Crippen LogP contribution < -0.4 is 0 Å². The highest BCUT2D eigenvalue weighted by Gasteiger charge is 2.01. The van der Waals surface area contributed by atoms with Gasteiger partial charge in [-0.3, -0.25) is 4.98 Å². The molecule has 2 rings (SSSR count). The van der Waals surface area contributed by atoms with Gasteiger partial charge >= 0.3 is 5.97 Å². The minimum atomic E-state index is -0.531. The van der Waals surface area contributed by atoms with Crippen LogP contribution in [0.1, 0.15) is 12.5 Å². The number of ether oxygens (including phenoxy) is 1. The van der Waals surface area contributed by atoms with Crippen LogP contribution >= 0.6 is 11.6 Å². The van der Waals surface area contributed by atoms with E-state index in [1.807, 2.05) is 6.07 Å². The third-order valence-corrected chi connectivity index (χ3v) is 2.51. The summed E-state index contributed by atoms with van der Waals surface area (Å²) in [5.41, 5.74) is 1.47. The van der Waals surface area contributed by atoms with Gasteiger partial charge in [-0.1, -0.05) is 23.6 Å². The number of aromatic nitrogens is 1. The zero-order chi connectivity index (χ0) is 13.0. The van der Waals surface area contributed by atoms with Crippen LogP contribution in [0.5, 0.6) is 0 Å². The first-order valence-electron chi connectivity index (χ1n) is 5.43. The van der Waals surface area contributed by atoms with Gasteiger partial charge in [0.2, 0.25) is 0 Å². The summed E-state index contributed by atoms with van der Waals surface area (Å²) in [6.45, 7) is 2.06. The van der Waals surface area contributed by atoms with Crippen LogP contribution in [0.25, 0.3) is 10.9 Å². The van der Waals surface area contributed by atoms with Crippen molar-refractivity contribution in [1.82, 2.24) is 4.98 Å². The Balaban J connectivity index is 2.42. The van der Waals surface area contributed by atoms with Gasteiger partial charge in [0.1, 0.15) is 0 Å². The summed E-state index contributed by atoms with van der Waals surface area (Å²) in [5, 5.41) is 1.48. The van der Waals surface area contributed by atoms with Crippen molar-refractivity contribution >= 4 is 28.5 Å². The van der Waals surface area contributed by atoms with Gasteiger partial charge in [0.25, 0.3) is 0 Å². The number of rotatable bonds is 1. The molecule has 1 aromatic heterocycles. The summed E-state index contributed by atoms with van der Waals surface area (Å²) in [5.74, 6) is 4.69. The molecule has 3 nitrogen and oxygen atoms in total. The lowest BCUT2D eigenvalue weighted by atomic mass is 10.1. The second kappa shape index (κ2) is 5.52. The van der Waals surface area contributed by atoms with Crippen molar-refractivity contribution in [3.63, 3.8) is 0 Å². The number of benzene rings is 1. The summed E-state index contributed by atoms with van der Waals surface area (Å²) in [6.07, 6.45) is 1.63. The van der Waals surface area contributed by atoms with E-state index in [0.29, 0.717) is 11.6 Å². The largest absolute Gasteiger partial charge is 0.456 e. The maximum atomic E-state index is 11.2. The Bertz CT molecular complexity index is 656. The van der Waals surface area contributed by atoms with E-state index in [9.17, 15) is 4.79 Å². The number of hydrogen-bond acceptors (Lipinski definition) is 3. The molecule has 90 valence electrons. The van der Waals surface area contributed by atoms with E-state index < -0.39 is 5.97 Å². The Morgan fingerprint density at radius 3 is 3.06 bits per heavy atom. The van der Waals surface area contributed by atoms with Gasteiger partial charge in [-0.2, -0.15) is 0 Å². The third kappa shape index (κ3) is 2.79. The first-order chi connectivity index (χ1) is 8.70. The topological polar surface area (TPSA) is 39.2 Å². The van der Waals surface area contributed by atoms with Gasteiger partial charge in [-0.05, 0) is 25.1 Å². The van der Waals surface area contributed by atoms with Crippen LogP contribution in [-0.2, 0) is 9.53 Å². The van der Waals surface area contributed by atoms with E-state index in [0.717, 1.165) is 16.5 Å². The molecule has 4 heteroatoms. The number of hydrogen-bond donors (Lipinski definition) is 0. The number of pyridine rings is 1. The van der Waals surface area contributed by atoms with Crippen molar-refractivity contribution in [2.75, 3.05) is 6.61 Å². The van der Waals surface area contributed by atoms with E-state index in [4.69, 9.17) is 16.3 Å². The third-order valence-electron chi connectivity index (χ3n) is 2.28. The lowest BCUT2D eigenvalue weighted by molar-refractivity contribution is -0.136. The van der Waals surface area contributed by atoms with Gasteiger partial charge < -0.3 is 4.74 Å². The van der Waals surface area contributed by atoms with Gasteiger partial charge in [0.15, 0.2) is 0 Å². The quantitative estimate of drug-likeness (QED) is 0.584. The molecule has 0 aliphatic rings. The van der Waals surface area contributed by atoms with Crippen molar-refractivity contribution in [2.45, 2.75) is 6.92 Å². The highest BCUT2D eigenvalue weighted by atomic mass is 35.5. The summed E-state index contributed by atoms with van der Waals surface area (Å²) < 4.78 is 4.75.